The van der Waals surface area contributed by atoms with Gasteiger partial charge in [-0.25, -0.2) is 4.98 Å². The summed E-state index contributed by atoms with van der Waals surface area (Å²) in [6.07, 6.45) is 7.53. The molecule has 0 unspecified atom stereocenters. The lowest BCUT2D eigenvalue weighted by Crippen LogP contribution is -2.00. The van der Waals surface area contributed by atoms with Crippen LogP contribution < -0.4 is 5.32 Å². The van der Waals surface area contributed by atoms with Crippen LogP contribution in [0.3, 0.4) is 0 Å². The van der Waals surface area contributed by atoms with Crippen LogP contribution in [0.2, 0.25) is 0 Å². The van der Waals surface area contributed by atoms with Crippen molar-refractivity contribution in [1.82, 2.24) is 19.7 Å². The topological polar surface area (TPSA) is 55.6 Å². The van der Waals surface area contributed by atoms with E-state index in [1.807, 2.05) is 72.4 Å². The van der Waals surface area contributed by atoms with Crippen molar-refractivity contribution in [1.29, 1.82) is 0 Å². The van der Waals surface area contributed by atoms with Crippen molar-refractivity contribution in [3.63, 3.8) is 0 Å². The number of halogens is 1. The molecule has 3 heterocycles. The molecule has 0 saturated carbocycles. The first-order chi connectivity index (χ1) is 14.2. The first-order valence-corrected chi connectivity index (χ1v) is 10.4. The van der Waals surface area contributed by atoms with Crippen LogP contribution in [0.25, 0.3) is 16.6 Å². The van der Waals surface area contributed by atoms with Crippen molar-refractivity contribution in [3.8, 4) is 10.6 Å². The molecule has 5 nitrogen and oxygen atoms in total. The van der Waals surface area contributed by atoms with Gasteiger partial charge < -0.3 is 5.32 Å². The molecule has 7 heteroatoms. The van der Waals surface area contributed by atoms with Gasteiger partial charge in [0.05, 0.1) is 23.7 Å². The Balaban J connectivity index is 1.42. The largest absolute Gasteiger partial charge is 0.357 e. The summed E-state index contributed by atoms with van der Waals surface area (Å²) in [5, 5.41) is 9.57. The third-order valence-corrected chi connectivity index (χ3v) is 5.68. The maximum atomic E-state index is 6.36. The molecule has 146 valence electrons. The number of hydrogen-bond donors (Lipinski definition) is 1. The van der Waals surface area contributed by atoms with Gasteiger partial charge in [-0.05, 0) is 42.3 Å². The standard InChI is InChI=1S/C22H20ClN5S/c1-16-21(20-9-12-28(27-20)15-18-7-10-24-11-8-18)29-22(26-16)25-14-19(23)13-17-5-3-2-4-6-17/h2-13H,14-15H2,1H3,(H,25,26). The predicted octanol–water partition coefficient (Wildman–Crippen LogP) is 5.45. The summed E-state index contributed by atoms with van der Waals surface area (Å²) in [6.45, 7) is 3.24. The zero-order valence-corrected chi connectivity index (χ0v) is 17.5. The van der Waals surface area contributed by atoms with Crippen molar-refractivity contribution in [3.05, 3.63) is 89.0 Å². The molecule has 0 bridgehead atoms. The minimum atomic E-state index is 0.527. The summed E-state index contributed by atoms with van der Waals surface area (Å²) in [6, 6.07) is 16.0. The second-order valence-corrected chi connectivity index (χ2v) is 8.03. The fourth-order valence-electron chi connectivity index (χ4n) is 2.90. The van der Waals surface area contributed by atoms with E-state index in [1.165, 1.54) is 0 Å². The molecule has 0 atom stereocenters. The van der Waals surface area contributed by atoms with E-state index in [9.17, 15) is 0 Å². The zero-order chi connectivity index (χ0) is 20.1. The van der Waals surface area contributed by atoms with Crippen LogP contribution in [0.4, 0.5) is 5.13 Å². The monoisotopic (exact) mass is 421 g/mol. The summed E-state index contributed by atoms with van der Waals surface area (Å²) in [5.74, 6) is 0. The number of thiazole rings is 1. The highest BCUT2D eigenvalue weighted by molar-refractivity contribution is 7.19. The number of benzene rings is 1. The van der Waals surface area contributed by atoms with Gasteiger partial charge in [-0.2, -0.15) is 5.10 Å². The van der Waals surface area contributed by atoms with Gasteiger partial charge in [-0.15, -0.1) is 0 Å². The van der Waals surface area contributed by atoms with E-state index in [4.69, 9.17) is 16.7 Å². The van der Waals surface area contributed by atoms with E-state index < -0.39 is 0 Å². The van der Waals surface area contributed by atoms with Crippen molar-refractivity contribution in [2.45, 2.75) is 13.5 Å². The number of nitrogens with zero attached hydrogens (tertiary/aromatic N) is 4. The first-order valence-electron chi connectivity index (χ1n) is 9.22. The van der Waals surface area contributed by atoms with E-state index in [2.05, 4.69) is 15.3 Å². The molecule has 29 heavy (non-hydrogen) atoms. The van der Waals surface area contributed by atoms with Crippen LogP contribution in [0.15, 0.2) is 72.2 Å². The normalized spacial score (nSPS) is 11.6. The second-order valence-electron chi connectivity index (χ2n) is 6.54. The van der Waals surface area contributed by atoms with Gasteiger partial charge in [0.1, 0.15) is 5.69 Å². The number of aromatic nitrogens is 4. The van der Waals surface area contributed by atoms with Gasteiger partial charge in [0.2, 0.25) is 0 Å². The van der Waals surface area contributed by atoms with Crippen molar-refractivity contribution in [2.24, 2.45) is 0 Å². The number of nitrogens with one attached hydrogen (secondary N) is 1. The molecule has 0 aliphatic heterocycles. The maximum absolute atomic E-state index is 6.36. The van der Waals surface area contributed by atoms with Gasteiger partial charge in [-0.3, -0.25) is 9.67 Å². The Morgan fingerprint density at radius 1 is 1.14 bits per heavy atom. The molecule has 1 N–H and O–H groups in total. The SMILES string of the molecule is Cc1nc(NCC(Cl)=Cc2ccccc2)sc1-c1ccn(Cc2ccncc2)n1. The summed E-state index contributed by atoms with van der Waals surface area (Å²) < 4.78 is 1.93. The number of rotatable bonds is 7. The molecule has 0 aliphatic carbocycles. The van der Waals surface area contributed by atoms with Gasteiger partial charge in [0, 0.05) is 23.6 Å². The zero-order valence-electron chi connectivity index (χ0n) is 15.9. The number of aryl methyl sites for hydroxylation is 1. The Kier molecular flexibility index (Phi) is 6.03. The Labute approximate surface area is 178 Å². The van der Waals surface area contributed by atoms with Crippen LogP contribution in [0.1, 0.15) is 16.8 Å². The maximum Gasteiger partial charge on any atom is 0.183 e. The van der Waals surface area contributed by atoms with E-state index in [1.54, 1.807) is 23.7 Å². The van der Waals surface area contributed by atoms with Crippen molar-refractivity contribution < 1.29 is 0 Å². The molecular weight excluding hydrogens is 402 g/mol. The van der Waals surface area contributed by atoms with E-state index in [-0.39, 0.29) is 0 Å². The van der Waals surface area contributed by atoms with Crippen molar-refractivity contribution in [2.75, 3.05) is 11.9 Å². The van der Waals surface area contributed by atoms with Crippen LogP contribution in [0.5, 0.6) is 0 Å². The lowest BCUT2D eigenvalue weighted by Gasteiger charge is -2.01. The molecule has 0 fully saturated rings. The minimum Gasteiger partial charge on any atom is -0.357 e. The Morgan fingerprint density at radius 2 is 1.93 bits per heavy atom. The average molecular weight is 422 g/mol. The molecule has 1 aromatic carbocycles. The quantitative estimate of drug-likeness (QED) is 0.431. The molecular formula is C22H20ClN5S. The van der Waals surface area contributed by atoms with Crippen LogP contribution in [0, 0.1) is 6.92 Å². The van der Waals surface area contributed by atoms with Crippen molar-refractivity contribution >= 4 is 34.1 Å². The highest BCUT2D eigenvalue weighted by atomic mass is 35.5. The molecule has 0 aliphatic rings. The molecule has 0 saturated heterocycles. The summed E-state index contributed by atoms with van der Waals surface area (Å²) in [5.41, 5.74) is 4.12. The fraction of sp³-hybridized carbons (Fsp3) is 0.136. The first kappa shape index (κ1) is 19.4. The third kappa shape index (κ3) is 5.10. The highest BCUT2D eigenvalue weighted by Crippen LogP contribution is 2.31. The molecule has 0 radical (unpaired) electrons. The van der Waals surface area contributed by atoms with Crippen LogP contribution >= 0.6 is 22.9 Å². The summed E-state index contributed by atoms with van der Waals surface area (Å²) in [4.78, 5) is 9.73. The molecule has 3 aromatic heterocycles. The number of anilines is 1. The smallest absolute Gasteiger partial charge is 0.183 e. The van der Waals surface area contributed by atoms with Crippen LogP contribution in [-0.2, 0) is 6.54 Å². The predicted molar refractivity (Wildman–Crippen MR) is 120 cm³/mol. The van der Waals surface area contributed by atoms with E-state index in [0.29, 0.717) is 13.1 Å². The Bertz CT molecular complexity index is 1100. The highest BCUT2D eigenvalue weighted by Gasteiger charge is 2.12. The van der Waals surface area contributed by atoms with Gasteiger partial charge in [0.25, 0.3) is 0 Å². The average Bonchev–Trinajstić information content (AvgIpc) is 3.34. The molecule has 0 spiro atoms. The van der Waals surface area contributed by atoms with E-state index in [0.717, 1.165) is 37.6 Å². The van der Waals surface area contributed by atoms with Gasteiger partial charge in [0.15, 0.2) is 5.13 Å². The second kappa shape index (κ2) is 9.03. The Morgan fingerprint density at radius 3 is 2.72 bits per heavy atom. The Hall–Kier alpha value is -2.96. The summed E-state index contributed by atoms with van der Waals surface area (Å²) in [7, 11) is 0. The lowest BCUT2D eigenvalue weighted by molar-refractivity contribution is 0.689. The van der Waals surface area contributed by atoms with Gasteiger partial charge in [-0.1, -0.05) is 53.3 Å². The summed E-state index contributed by atoms with van der Waals surface area (Å²) >= 11 is 7.95. The minimum absolute atomic E-state index is 0.527. The van der Waals surface area contributed by atoms with E-state index >= 15 is 0 Å². The van der Waals surface area contributed by atoms with Gasteiger partial charge >= 0.3 is 0 Å². The molecule has 4 rings (SSSR count). The molecule has 4 aromatic rings. The fourth-order valence-corrected chi connectivity index (χ4v) is 4.02. The number of pyridine rings is 1. The molecule has 0 amide bonds. The number of hydrogen-bond acceptors (Lipinski definition) is 5. The van der Waals surface area contributed by atoms with Crippen LogP contribution in [-0.4, -0.2) is 26.3 Å². The third-order valence-electron chi connectivity index (χ3n) is 4.30. The lowest BCUT2D eigenvalue weighted by atomic mass is 10.2.